The number of carbonyl (C=O) groups is 2. The first kappa shape index (κ1) is 10.4. The van der Waals surface area contributed by atoms with Gasteiger partial charge in [0.15, 0.2) is 5.78 Å². The van der Waals surface area contributed by atoms with E-state index < -0.39 is 0 Å². The topological polar surface area (TPSA) is 37.4 Å². The van der Waals surface area contributed by atoms with Gasteiger partial charge in [0.25, 0.3) is 0 Å². The Labute approximate surface area is 92.7 Å². The van der Waals surface area contributed by atoms with Crippen LogP contribution in [0.15, 0.2) is 17.5 Å². The highest BCUT2D eigenvalue weighted by Crippen LogP contribution is 2.18. The van der Waals surface area contributed by atoms with Crippen LogP contribution in [0.5, 0.6) is 0 Å². The summed E-state index contributed by atoms with van der Waals surface area (Å²) in [4.78, 5) is 25.6. The van der Waals surface area contributed by atoms with Gasteiger partial charge < -0.3 is 4.90 Å². The van der Waals surface area contributed by atoms with Crippen LogP contribution >= 0.6 is 11.3 Å². The Morgan fingerprint density at radius 1 is 1.67 bits per heavy atom. The van der Waals surface area contributed by atoms with Gasteiger partial charge in [-0.25, -0.2) is 0 Å². The van der Waals surface area contributed by atoms with Crippen molar-refractivity contribution in [2.45, 2.75) is 13.3 Å². The van der Waals surface area contributed by atoms with Crippen LogP contribution < -0.4 is 0 Å². The van der Waals surface area contributed by atoms with Gasteiger partial charge in [0.1, 0.15) is 0 Å². The third-order valence-electron chi connectivity index (χ3n) is 2.54. The number of rotatable bonds is 3. The van der Waals surface area contributed by atoms with Crippen LogP contribution in [0.3, 0.4) is 0 Å². The molecule has 4 heteroatoms. The monoisotopic (exact) mass is 223 g/mol. The van der Waals surface area contributed by atoms with E-state index in [1.807, 2.05) is 18.4 Å². The SMILES string of the molecule is CC1CC(=O)N(CC(=O)c2cccs2)C1. The normalized spacial score (nSPS) is 21.0. The molecule has 0 bridgehead atoms. The first-order valence-corrected chi connectivity index (χ1v) is 5.89. The summed E-state index contributed by atoms with van der Waals surface area (Å²) in [6, 6.07) is 3.66. The number of ketones is 1. The maximum absolute atomic E-state index is 11.7. The molecule has 1 saturated heterocycles. The van der Waals surface area contributed by atoms with Gasteiger partial charge in [-0.05, 0) is 17.4 Å². The minimum atomic E-state index is 0.0486. The lowest BCUT2D eigenvalue weighted by Gasteiger charge is -2.13. The zero-order chi connectivity index (χ0) is 10.8. The minimum absolute atomic E-state index is 0.0486. The van der Waals surface area contributed by atoms with E-state index in [9.17, 15) is 9.59 Å². The standard InChI is InChI=1S/C11H13NO2S/c1-8-5-11(14)12(6-8)7-9(13)10-3-2-4-15-10/h2-4,8H,5-7H2,1H3. The second kappa shape index (κ2) is 4.14. The summed E-state index contributed by atoms with van der Waals surface area (Å²) in [6.07, 6.45) is 0.581. The largest absolute Gasteiger partial charge is 0.335 e. The van der Waals surface area contributed by atoms with Crippen molar-refractivity contribution >= 4 is 23.0 Å². The van der Waals surface area contributed by atoms with Crippen LogP contribution in [0, 0.1) is 5.92 Å². The average Bonchev–Trinajstić information content (AvgIpc) is 2.76. The molecule has 3 nitrogen and oxygen atoms in total. The number of likely N-dealkylation sites (tertiary alicyclic amines) is 1. The van der Waals surface area contributed by atoms with Crippen molar-refractivity contribution in [2.75, 3.05) is 13.1 Å². The summed E-state index contributed by atoms with van der Waals surface area (Å²) in [5.41, 5.74) is 0. The Balaban J connectivity index is 1.98. The molecule has 80 valence electrons. The fraction of sp³-hybridized carbons (Fsp3) is 0.455. The minimum Gasteiger partial charge on any atom is -0.335 e. The summed E-state index contributed by atoms with van der Waals surface area (Å²) in [5, 5.41) is 1.88. The molecule has 0 aromatic carbocycles. The Bertz CT molecular complexity index is 372. The molecular formula is C11H13NO2S. The predicted molar refractivity (Wildman–Crippen MR) is 59.0 cm³/mol. The fourth-order valence-corrected chi connectivity index (χ4v) is 2.47. The highest BCUT2D eigenvalue weighted by Gasteiger charge is 2.28. The number of carbonyl (C=O) groups excluding carboxylic acids is 2. The average molecular weight is 223 g/mol. The van der Waals surface area contributed by atoms with E-state index in [4.69, 9.17) is 0 Å². The maximum atomic E-state index is 11.7. The number of hydrogen-bond acceptors (Lipinski definition) is 3. The van der Waals surface area contributed by atoms with Crippen LogP contribution in [0.2, 0.25) is 0 Å². The molecule has 2 heterocycles. The van der Waals surface area contributed by atoms with Crippen LogP contribution in [0.25, 0.3) is 0 Å². The molecule has 1 amide bonds. The van der Waals surface area contributed by atoms with Gasteiger partial charge in [0, 0.05) is 13.0 Å². The lowest BCUT2D eigenvalue weighted by atomic mass is 10.2. The zero-order valence-corrected chi connectivity index (χ0v) is 9.42. The second-order valence-electron chi connectivity index (χ2n) is 3.98. The molecular weight excluding hydrogens is 210 g/mol. The molecule has 0 saturated carbocycles. The summed E-state index contributed by atoms with van der Waals surface area (Å²) in [6.45, 7) is 2.99. The number of thiophene rings is 1. The molecule has 1 aromatic rings. The molecule has 1 aromatic heterocycles. The molecule has 1 aliphatic heterocycles. The van der Waals surface area contributed by atoms with Crippen LogP contribution in [-0.4, -0.2) is 29.7 Å². The van der Waals surface area contributed by atoms with Gasteiger partial charge in [0.2, 0.25) is 5.91 Å². The Kier molecular flexibility index (Phi) is 2.86. The molecule has 1 atom stereocenters. The molecule has 1 fully saturated rings. The van der Waals surface area contributed by atoms with Gasteiger partial charge in [-0.1, -0.05) is 13.0 Å². The maximum Gasteiger partial charge on any atom is 0.223 e. The van der Waals surface area contributed by atoms with Crippen molar-refractivity contribution in [1.82, 2.24) is 4.90 Å². The lowest BCUT2D eigenvalue weighted by Crippen LogP contribution is -2.30. The molecule has 15 heavy (non-hydrogen) atoms. The summed E-state index contributed by atoms with van der Waals surface area (Å²) >= 11 is 1.43. The van der Waals surface area contributed by atoms with Crippen LogP contribution in [0.1, 0.15) is 23.0 Å². The number of hydrogen-bond donors (Lipinski definition) is 0. The summed E-state index contributed by atoms with van der Waals surface area (Å²) in [7, 11) is 0. The quantitative estimate of drug-likeness (QED) is 0.733. The van der Waals surface area contributed by atoms with Crippen molar-refractivity contribution in [2.24, 2.45) is 5.92 Å². The summed E-state index contributed by atoms with van der Waals surface area (Å²) < 4.78 is 0. The number of Topliss-reactive ketones (excluding diaryl/α,β-unsaturated/α-hetero) is 1. The van der Waals surface area contributed by atoms with E-state index in [0.29, 0.717) is 12.3 Å². The molecule has 0 spiro atoms. The third kappa shape index (κ3) is 2.26. The lowest BCUT2D eigenvalue weighted by molar-refractivity contribution is -0.127. The number of amides is 1. The van der Waals surface area contributed by atoms with Gasteiger partial charge in [-0.3, -0.25) is 9.59 Å². The Morgan fingerprint density at radius 2 is 2.47 bits per heavy atom. The van der Waals surface area contributed by atoms with Crippen molar-refractivity contribution < 1.29 is 9.59 Å². The van der Waals surface area contributed by atoms with E-state index in [1.165, 1.54) is 11.3 Å². The van der Waals surface area contributed by atoms with Crippen LogP contribution in [0.4, 0.5) is 0 Å². The smallest absolute Gasteiger partial charge is 0.223 e. The zero-order valence-electron chi connectivity index (χ0n) is 8.60. The highest BCUT2D eigenvalue weighted by atomic mass is 32.1. The predicted octanol–water partition coefficient (Wildman–Crippen LogP) is 1.80. The van der Waals surface area contributed by atoms with Crippen molar-refractivity contribution in [3.8, 4) is 0 Å². The first-order chi connectivity index (χ1) is 7.16. The summed E-state index contributed by atoms with van der Waals surface area (Å²) in [5.74, 6) is 0.536. The van der Waals surface area contributed by atoms with Gasteiger partial charge in [-0.15, -0.1) is 11.3 Å². The van der Waals surface area contributed by atoms with E-state index in [1.54, 1.807) is 11.0 Å². The molecule has 1 unspecified atom stereocenters. The first-order valence-electron chi connectivity index (χ1n) is 5.01. The molecule has 1 aliphatic rings. The second-order valence-corrected chi connectivity index (χ2v) is 4.93. The fourth-order valence-electron chi connectivity index (χ4n) is 1.81. The molecule has 0 N–H and O–H groups in total. The van der Waals surface area contributed by atoms with Gasteiger partial charge in [0.05, 0.1) is 11.4 Å². The Morgan fingerprint density at radius 3 is 3.00 bits per heavy atom. The van der Waals surface area contributed by atoms with Crippen molar-refractivity contribution in [3.05, 3.63) is 22.4 Å². The highest BCUT2D eigenvalue weighted by molar-refractivity contribution is 7.12. The third-order valence-corrected chi connectivity index (χ3v) is 3.45. The molecule has 2 rings (SSSR count). The Hall–Kier alpha value is -1.16. The molecule has 0 aliphatic carbocycles. The van der Waals surface area contributed by atoms with Gasteiger partial charge >= 0.3 is 0 Å². The van der Waals surface area contributed by atoms with Crippen molar-refractivity contribution in [1.29, 1.82) is 0 Å². The van der Waals surface area contributed by atoms with Crippen LogP contribution in [-0.2, 0) is 4.79 Å². The van der Waals surface area contributed by atoms with Crippen molar-refractivity contribution in [3.63, 3.8) is 0 Å². The van der Waals surface area contributed by atoms with E-state index >= 15 is 0 Å². The number of nitrogens with zero attached hydrogens (tertiary/aromatic N) is 1. The van der Waals surface area contributed by atoms with E-state index in [0.717, 1.165) is 11.4 Å². The van der Waals surface area contributed by atoms with E-state index in [2.05, 4.69) is 0 Å². The van der Waals surface area contributed by atoms with E-state index in [-0.39, 0.29) is 18.2 Å². The van der Waals surface area contributed by atoms with Gasteiger partial charge in [-0.2, -0.15) is 0 Å². The molecule has 0 radical (unpaired) electrons.